The van der Waals surface area contributed by atoms with Gasteiger partial charge in [0.15, 0.2) is 0 Å². The van der Waals surface area contributed by atoms with Crippen molar-refractivity contribution < 1.29 is 0 Å². The molecule has 1 heterocycles. The number of unbranched alkanes of at least 4 members (excludes halogenated alkanes) is 3. The third-order valence-electron chi connectivity index (χ3n) is 6.23. The van der Waals surface area contributed by atoms with Crippen LogP contribution in [0.1, 0.15) is 91.0 Å². The predicted octanol–water partition coefficient (Wildman–Crippen LogP) is 6.57. The minimum atomic E-state index is 0.631. The molecule has 0 saturated heterocycles. The van der Waals surface area contributed by atoms with Gasteiger partial charge < -0.3 is 0 Å². The molecule has 0 bridgehead atoms. The number of nitrogens with zero attached hydrogens (tertiary/aromatic N) is 4. The van der Waals surface area contributed by atoms with Crippen molar-refractivity contribution in [3.8, 4) is 0 Å². The van der Waals surface area contributed by atoms with E-state index in [1.165, 1.54) is 69.9 Å². The van der Waals surface area contributed by atoms with Crippen molar-refractivity contribution in [2.75, 3.05) is 6.54 Å². The molecule has 1 aromatic carbocycles. The molecular weight excluding hydrogens is 344 g/mol. The summed E-state index contributed by atoms with van der Waals surface area (Å²) < 4.78 is 2.12. The summed E-state index contributed by atoms with van der Waals surface area (Å²) in [7, 11) is 0. The molecule has 0 amide bonds. The van der Waals surface area contributed by atoms with Crippen LogP contribution in [0.25, 0.3) is 11.0 Å². The second-order valence-corrected chi connectivity index (χ2v) is 8.42. The number of hydrogen-bond acceptors (Lipinski definition) is 3. The van der Waals surface area contributed by atoms with E-state index in [2.05, 4.69) is 72.7 Å². The average molecular weight is 387 g/mol. The Morgan fingerprint density at radius 3 is 2.43 bits per heavy atom. The molecule has 0 N–H and O–H groups in total. The highest BCUT2D eigenvalue weighted by molar-refractivity contribution is 5.77. The van der Waals surface area contributed by atoms with Crippen molar-refractivity contribution in [1.29, 1.82) is 0 Å². The van der Waals surface area contributed by atoms with Gasteiger partial charge in [0.05, 0.1) is 12.2 Å². The molecule has 28 heavy (non-hydrogen) atoms. The molecule has 1 aromatic heterocycles. The molecule has 4 nitrogen and oxygen atoms in total. The first-order valence-electron chi connectivity index (χ1n) is 11.7. The fourth-order valence-electron chi connectivity index (χ4n) is 4.25. The van der Waals surface area contributed by atoms with Crippen molar-refractivity contribution in [2.24, 2.45) is 5.92 Å². The van der Waals surface area contributed by atoms with Gasteiger partial charge in [0.1, 0.15) is 5.52 Å². The van der Waals surface area contributed by atoms with Crippen molar-refractivity contribution in [2.45, 2.75) is 105 Å². The normalized spacial score (nSPS) is 14.1. The second kappa shape index (κ2) is 12.2. The topological polar surface area (TPSA) is 34.0 Å². The first kappa shape index (κ1) is 22.9. The number of fused-ring (bicyclic) bond motifs is 1. The lowest BCUT2D eigenvalue weighted by molar-refractivity contribution is 0.104. The van der Waals surface area contributed by atoms with Crippen LogP contribution in [0, 0.1) is 12.8 Å². The van der Waals surface area contributed by atoms with Crippen LogP contribution >= 0.6 is 0 Å². The van der Waals surface area contributed by atoms with Gasteiger partial charge in [-0.05, 0) is 43.7 Å². The van der Waals surface area contributed by atoms with Crippen LogP contribution in [0.3, 0.4) is 0 Å². The van der Waals surface area contributed by atoms with E-state index in [-0.39, 0.29) is 0 Å². The van der Waals surface area contributed by atoms with Crippen molar-refractivity contribution in [3.05, 3.63) is 23.8 Å². The monoisotopic (exact) mass is 386 g/mol. The lowest BCUT2D eigenvalue weighted by atomic mass is 9.96. The van der Waals surface area contributed by atoms with Gasteiger partial charge in [-0.1, -0.05) is 83.6 Å². The summed E-state index contributed by atoms with van der Waals surface area (Å²) in [6.45, 7) is 13.4. The number of rotatable bonds is 14. The summed E-state index contributed by atoms with van der Waals surface area (Å²) in [5, 5.41) is 9.00. The first-order chi connectivity index (χ1) is 13.6. The van der Waals surface area contributed by atoms with Gasteiger partial charge in [0.2, 0.25) is 0 Å². The van der Waals surface area contributed by atoms with Crippen LogP contribution in [0.4, 0.5) is 0 Å². The number of aromatic nitrogens is 3. The van der Waals surface area contributed by atoms with Gasteiger partial charge in [-0.2, -0.15) is 0 Å². The molecule has 0 spiro atoms. The van der Waals surface area contributed by atoms with Crippen LogP contribution in [-0.4, -0.2) is 32.5 Å². The van der Waals surface area contributed by atoms with E-state index < -0.39 is 0 Å². The van der Waals surface area contributed by atoms with Crippen molar-refractivity contribution in [1.82, 2.24) is 19.9 Å². The van der Waals surface area contributed by atoms with Gasteiger partial charge in [-0.15, -0.1) is 5.10 Å². The Kier molecular flexibility index (Phi) is 9.97. The van der Waals surface area contributed by atoms with Crippen LogP contribution in [0.5, 0.6) is 0 Å². The summed E-state index contributed by atoms with van der Waals surface area (Å²) in [4.78, 5) is 2.70. The van der Waals surface area contributed by atoms with Crippen LogP contribution in [-0.2, 0) is 6.67 Å². The van der Waals surface area contributed by atoms with Gasteiger partial charge in [0.25, 0.3) is 0 Å². The quantitative estimate of drug-likeness (QED) is 0.344. The SMILES string of the molecule is CCCCC[C@@H](CC)N(C[C@H](CC)CCCC)Cn1nnc2c(C)cccc21. The Bertz CT molecular complexity index is 678. The molecular formula is C24H42N4. The van der Waals surface area contributed by atoms with Gasteiger partial charge in [-0.25, -0.2) is 4.68 Å². The fraction of sp³-hybridized carbons (Fsp3) is 0.750. The van der Waals surface area contributed by atoms with E-state index in [0.29, 0.717) is 6.04 Å². The van der Waals surface area contributed by atoms with E-state index in [4.69, 9.17) is 0 Å². The van der Waals surface area contributed by atoms with Gasteiger partial charge in [-0.3, -0.25) is 4.90 Å². The Morgan fingerprint density at radius 2 is 1.75 bits per heavy atom. The Hall–Kier alpha value is -1.42. The molecule has 0 unspecified atom stereocenters. The van der Waals surface area contributed by atoms with Gasteiger partial charge in [0, 0.05) is 12.6 Å². The first-order valence-corrected chi connectivity index (χ1v) is 11.7. The molecule has 4 heteroatoms. The maximum absolute atomic E-state index is 4.53. The van der Waals surface area contributed by atoms with E-state index in [1.54, 1.807) is 0 Å². The fourth-order valence-corrected chi connectivity index (χ4v) is 4.25. The Labute approximate surface area is 172 Å². The molecule has 0 radical (unpaired) electrons. The van der Waals surface area contributed by atoms with E-state index >= 15 is 0 Å². The number of hydrogen-bond donors (Lipinski definition) is 0. The minimum absolute atomic E-state index is 0.631. The molecule has 0 fully saturated rings. The average Bonchev–Trinajstić information content (AvgIpc) is 3.12. The zero-order chi connectivity index (χ0) is 20.4. The van der Waals surface area contributed by atoms with Crippen LogP contribution in [0.15, 0.2) is 18.2 Å². The summed E-state index contributed by atoms with van der Waals surface area (Å²) in [5.74, 6) is 0.775. The highest BCUT2D eigenvalue weighted by Gasteiger charge is 2.22. The Balaban J connectivity index is 2.21. The summed E-state index contributed by atoms with van der Waals surface area (Å²) in [6.07, 6.45) is 11.7. The molecule has 0 aliphatic carbocycles. The number of aryl methyl sites for hydroxylation is 1. The maximum Gasteiger partial charge on any atom is 0.116 e. The van der Waals surface area contributed by atoms with Crippen LogP contribution < -0.4 is 0 Å². The standard InChI is InChI=1S/C24H42N4/c1-6-10-12-16-22(9-4)27(18-21(8-3)15-11-7-2)19-28-23-17-13-14-20(5)24(23)25-26-28/h13-14,17,21-22H,6-12,15-16,18-19H2,1-5H3/t21-,22-/m1/s1. The third kappa shape index (κ3) is 6.30. The number of benzene rings is 1. The Morgan fingerprint density at radius 1 is 0.964 bits per heavy atom. The van der Waals surface area contributed by atoms with Crippen LogP contribution in [0.2, 0.25) is 0 Å². The minimum Gasteiger partial charge on any atom is -0.281 e. The predicted molar refractivity (Wildman–Crippen MR) is 120 cm³/mol. The highest BCUT2D eigenvalue weighted by Crippen LogP contribution is 2.22. The van der Waals surface area contributed by atoms with E-state index in [0.717, 1.165) is 23.6 Å². The van der Waals surface area contributed by atoms with Gasteiger partial charge >= 0.3 is 0 Å². The lowest BCUT2D eigenvalue weighted by Gasteiger charge is -2.34. The molecule has 0 aliphatic heterocycles. The zero-order valence-electron chi connectivity index (χ0n) is 19.0. The molecule has 2 atom stereocenters. The molecule has 2 rings (SSSR count). The van der Waals surface area contributed by atoms with Crippen molar-refractivity contribution >= 4 is 11.0 Å². The van der Waals surface area contributed by atoms with Crippen molar-refractivity contribution in [3.63, 3.8) is 0 Å². The maximum atomic E-state index is 4.53. The third-order valence-corrected chi connectivity index (χ3v) is 6.23. The largest absolute Gasteiger partial charge is 0.281 e. The van der Waals surface area contributed by atoms with E-state index in [9.17, 15) is 0 Å². The lowest BCUT2D eigenvalue weighted by Crippen LogP contribution is -2.40. The molecule has 158 valence electrons. The zero-order valence-corrected chi connectivity index (χ0v) is 19.0. The molecule has 0 saturated carbocycles. The summed E-state index contributed by atoms with van der Waals surface area (Å²) in [6, 6.07) is 7.03. The second-order valence-electron chi connectivity index (χ2n) is 8.42. The molecule has 2 aromatic rings. The smallest absolute Gasteiger partial charge is 0.116 e. The highest BCUT2D eigenvalue weighted by atomic mass is 15.5. The summed E-state index contributed by atoms with van der Waals surface area (Å²) in [5.41, 5.74) is 3.41. The molecule has 0 aliphatic rings. The summed E-state index contributed by atoms with van der Waals surface area (Å²) >= 11 is 0. The van der Waals surface area contributed by atoms with E-state index in [1.807, 2.05) is 0 Å².